The van der Waals surface area contributed by atoms with Crippen molar-refractivity contribution in [2.24, 2.45) is 0 Å². The van der Waals surface area contributed by atoms with Gasteiger partial charge < -0.3 is 15.1 Å². The number of carbonyl (C=O) groups is 2. The lowest BCUT2D eigenvalue weighted by molar-refractivity contribution is -0.119. The molecule has 23 heavy (non-hydrogen) atoms. The molecule has 0 aromatic carbocycles. The van der Waals surface area contributed by atoms with Crippen LogP contribution in [0.4, 0.5) is 5.82 Å². The van der Waals surface area contributed by atoms with Gasteiger partial charge in [0.15, 0.2) is 0 Å². The summed E-state index contributed by atoms with van der Waals surface area (Å²) in [5, 5.41) is 3.42. The molecule has 2 heterocycles. The van der Waals surface area contributed by atoms with E-state index in [1.165, 1.54) is 25.6 Å². The van der Waals surface area contributed by atoms with Crippen molar-refractivity contribution >= 4 is 18.1 Å². The Morgan fingerprint density at radius 1 is 1.13 bits per heavy atom. The first-order chi connectivity index (χ1) is 11.3. The van der Waals surface area contributed by atoms with E-state index in [1.807, 2.05) is 0 Å². The molecule has 3 rings (SSSR count). The summed E-state index contributed by atoms with van der Waals surface area (Å²) in [7, 11) is 0. The van der Waals surface area contributed by atoms with Gasteiger partial charge in [0.05, 0.1) is 0 Å². The van der Waals surface area contributed by atoms with Crippen molar-refractivity contribution < 1.29 is 9.59 Å². The maximum atomic E-state index is 12.5. The lowest BCUT2D eigenvalue weighted by Crippen LogP contribution is -2.48. The number of nitrogens with one attached hydrogen (secondary N) is 1. The first-order valence-corrected chi connectivity index (χ1v) is 8.33. The Bertz CT molecular complexity index is 551. The van der Waals surface area contributed by atoms with E-state index < -0.39 is 0 Å². The minimum atomic E-state index is -0.0929. The normalized spacial score (nSPS) is 19.5. The Balaban J connectivity index is 1.62. The van der Waals surface area contributed by atoms with Crippen molar-refractivity contribution in [1.29, 1.82) is 0 Å². The van der Waals surface area contributed by atoms with Crippen molar-refractivity contribution in [1.82, 2.24) is 19.8 Å². The molecule has 7 nitrogen and oxygen atoms in total. The van der Waals surface area contributed by atoms with Crippen molar-refractivity contribution in [2.75, 3.05) is 31.5 Å². The number of nitrogens with zero attached hydrogens (tertiary/aromatic N) is 4. The lowest BCUT2D eigenvalue weighted by Gasteiger charge is -2.32. The van der Waals surface area contributed by atoms with Crippen molar-refractivity contribution in [2.45, 2.75) is 38.1 Å². The maximum absolute atomic E-state index is 12.5. The molecule has 1 saturated carbocycles. The molecule has 1 aromatic rings. The number of anilines is 1. The Hall–Kier alpha value is -2.18. The summed E-state index contributed by atoms with van der Waals surface area (Å²) in [6, 6.07) is 2.18. The van der Waals surface area contributed by atoms with Crippen molar-refractivity contribution in [3.8, 4) is 0 Å². The van der Waals surface area contributed by atoms with Gasteiger partial charge in [-0.1, -0.05) is 19.3 Å². The predicted octanol–water partition coefficient (Wildman–Crippen LogP) is 1.14. The molecule has 1 aromatic heterocycles. The molecule has 2 fully saturated rings. The van der Waals surface area contributed by atoms with Crippen LogP contribution in [0.5, 0.6) is 0 Å². The predicted molar refractivity (Wildman–Crippen MR) is 86.1 cm³/mol. The summed E-state index contributed by atoms with van der Waals surface area (Å²) in [6.45, 7) is 2.25. The van der Waals surface area contributed by atoms with E-state index in [0.717, 1.165) is 25.1 Å². The summed E-state index contributed by atoms with van der Waals surface area (Å²) in [6.07, 6.45) is 8.38. The van der Waals surface area contributed by atoms with Crippen LogP contribution in [-0.2, 0) is 4.79 Å². The second-order valence-corrected chi connectivity index (χ2v) is 6.20. The van der Waals surface area contributed by atoms with Crippen molar-refractivity contribution in [3.05, 3.63) is 18.1 Å². The highest BCUT2D eigenvalue weighted by molar-refractivity contribution is 5.93. The van der Waals surface area contributed by atoms with E-state index in [0.29, 0.717) is 37.9 Å². The quantitative estimate of drug-likeness (QED) is 0.842. The van der Waals surface area contributed by atoms with Gasteiger partial charge in [0.25, 0.3) is 5.91 Å². The number of hydrogen-bond donors (Lipinski definition) is 1. The van der Waals surface area contributed by atoms with E-state index in [4.69, 9.17) is 0 Å². The summed E-state index contributed by atoms with van der Waals surface area (Å²) >= 11 is 0. The Kier molecular flexibility index (Phi) is 5.05. The van der Waals surface area contributed by atoms with Gasteiger partial charge in [-0.15, -0.1) is 0 Å². The number of carbonyl (C=O) groups excluding carboxylic acids is 2. The highest BCUT2D eigenvalue weighted by Crippen LogP contribution is 2.21. The van der Waals surface area contributed by atoms with Gasteiger partial charge in [0, 0.05) is 38.3 Å². The van der Waals surface area contributed by atoms with E-state index in [-0.39, 0.29) is 5.91 Å². The summed E-state index contributed by atoms with van der Waals surface area (Å²) in [5.74, 6) is 0.631. The third kappa shape index (κ3) is 3.97. The summed E-state index contributed by atoms with van der Waals surface area (Å²) < 4.78 is 0. The van der Waals surface area contributed by atoms with E-state index in [2.05, 4.69) is 15.3 Å². The molecule has 2 aliphatic rings. The Morgan fingerprint density at radius 3 is 2.57 bits per heavy atom. The number of amides is 2. The van der Waals surface area contributed by atoms with Crippen LogP contribution >= 0.6 is 0 Å². The molecular weight excluding hydrogens is 294 g/mol. The van der Waals surface area contributed by atoms with Gasteiger partial charge in [-0.2, -0.15) is 0 Å². The van der Waals surface area contributed by atoms with Crippen LogP contribution in [0.15, 0.2) is 12.4 Å². The molecule has 0 radical (unpaired) electrons. The largest absolute Gasteiger partial charge is 0.367 e. The number of rotatable bonds is 4. The molecule has 0 atom stereocenters. The minimum absolute atomic E-state index is 0.0929. The van der Waals surface area contributed by atoms with Gasteiger partial charge in [-0.05, 0) is 12.8 Å². The zero-order chi connectivity index (χ0) is 16.1. The van der Waals surface area contributed by atoms with Gasteiger partial charge in [0.1, 0.15) is 17.8 Å². The first kappa shape index (κ1) is 15.7. The van der Waals surface area contributed by atoms with E-state index in [1.54, 1.807) is 15.9 Å². The van der Waals surface area contributed by atoms with Crippen molar-refractivity contribution in [3.63, 3.8) is 0 Å². The third-order valence-electron chi connectivity index (χ3n) is 4.59. The molecule has 1 saturated heterocycles. The molecule has 124 valence electrons. The van der Waals surface area contributed by atoms with Crippen LogP contribution in [0.3, 0.4) is 0 Å². The lowest BCUT2D eigenvalue weighted by atomic mass is 9.95. The van der Waals surface area contributed by atoms with E-state index >= 15 is 0 Å². The molecule has 0 spiro atoms. The monoisotopic (exact) mass is 317 g/mol. The molecule has 1 aliphatic heterocycles. The van der Waals surface area contributed by atoms with Crippen LogP contribution in [-0.4, -0.2) is 64.3 Å². The van der Waals surface area contributed by atoms with Crippen LogP contribution < -0.4 is 5.32 Å². The standard InChI is InChI=1S/C16H23N5O2/c22-12-20-6-8-21(9-7-20)16(23)14-10-15(18-11-17-14)19-13-4-2-1-3-5-13/h10-13H,1-9H2,(H,17,18,19). The summed E-state index contributed by atoms with van der Waals surface area (Å²) in [4.78, 5) is 35.1. The fourth-order valence-electron chi connectivity index (χ4n) is 3.20. The molecule has 1 N–H and O–H groups in total. The first-order valence-electron chi connectivity index (χ1n) is 8.33. The van der Waals surface area contributed by atoms with Gasteiger partial charge in [-0.3, -0.25) is 9.59 Å². The number of piperazine rings is 1. The topological polar surface area (TPSA) is 78.4 Å². The molecule has 0 unspecified atom stereocenters. The number of hydrogen-bond acceptors (Lipinski definition) is 5. The SMILES string of the molecule is O=CN1CCN(C(=O)c2cc(NC3CCCCC3)ncn2)CC1. The fourth-order valence-corrected chi connectivity index (χ4v) is 3.20. The molecule has 2 amide bonds. The van der Waals surface area contributed by atoms with Gasteiger partial charge in [-0.25, -0.2) is 9.97 Å². The van der Waals surface area contributed by atoms with Gasteiger partial charge in [0.2, 0.25) is 6.41 Å². The summed E-state index contributed by atoms with van der Waals surface area (Å²) in [5.41, 5.74) is 0.415. The molecule has 0 bridgehead atoms. The Morgan fingerprint density at radius 2 is 1.87 bits per heavy atom. The average molecular weight is 317 g/mol. The minimum Gasteiger partial charge on any atom is -0.367 e. The number of aromatic nitrogens is 2. The smallest absolute Gasteiger partial charge is 0.272 e. The van der Waals surface area contributed by atoms with E-state index in [9.17, 15) is 9.59 Å². The second kappa shape index (κ2) is 7.39. The molecular formula is C16H23N5O2. The van der Waals surface area contributed by atoms with Crippen LogP contribution in [0.1, 0.15) is 42.6 Å². The third-order valence-corrected chi connectivity index (χ3v) is 4.59. The average Bonchev–Trinajstić information content (AvgIpc) is 2.62. The zero-order valence-corrected chi connectivity index (χ0v) is 13.3. The van der Waals surface area contributed by atoms with Gasteiger partial charge >= 0.3 is 0 Å². The fraction of sp³-hybridized carbons (Fsp3) is 0.625. The highest BCUT2D eigenvalue weighted by Gasteiger charge is 2.23. The highest BCUT2D eigenvalue weighted by atomic mass is 16.2. The van der Waals surface area contributed by atoms with Crippen LogP contribution in [0.2, 0.25) is 0 Å². The Labute approximate surface area is 136 Å². The zero-order valence-electron chi connectivity index (χ0n) is 13.3. The molecule has 1 aliphatic carbocycles. The maximum Gasteiger partial charge on any atom is 0.272 e. The second-order valence-electron chi connectivity index (χ2n) is 6.20. The van der Waals surface area contributed by atoms with Crippen LogP contribution in [0.25, 0.3) is 0 Å². The van der Waals surface area contributed by atoms with Crippen LogP contribution in [0, 0.1) is 0 Å². The molecule has 7 heteroatoms.